The Morgan fingerprint density at radius 2 is 1.75 bits per heavy atom. The summed E-state index contributed by atoms with van der Waals surface area (Å²) < 4.78 is 4.87. The van der Waals surface area contributed by atoms with Gasteiger partial charge in [0.05, 0.1) is 0 Å². The van der Waals surface area contributed by atoms with Crippen molar-refractivity contribution < 1.29 is 14.3 Å². The van der Waals surface area contributed by atoms with Crippen molar-refractivity contribution in [2.75, 3.05) is 38.0 Å². The molecule has 0 saturated heterocycles. The molecule has 0 bridgehead atoms. The van der Waals surface area contributed by atoms with Crippen LogP contribution in [0.5, 0.6) is 0 Å². The third-order valence-corrected chi connectivity index (χ3v) is 4.35. The molecule has 2 aromatic carbocycles. The van der Waals surface area contributed by atoms with Crippen LogP contribution in [0.1, 0.15) is 24.5 Å². The van der Waals surface area contributed by atoms with Crippen LogP contribution in [-0.4, -0.2) is 44.5 Å². The van der Waals surface area contributed by atoms with E-state index in [1.807, 2.05) is 79.3 Å². The molecule has 0 aliphatic heterocycles. The Bertz CT molecular complexity index is 791. The van der Waals surface area contributed by atoms with Crippen molar-refractivity contribution in [3.8, 4) is 0 Å². The molecule has 0 unspecified atom stereocenters. The molecule has 0 atom stereocenters. The predicted octanol–water partition coefficient (Wildman–Crippen LogP) is 3.28. The third kappa shape index (κ3) is 6.09. The largest absolute Gasteiger partial charge is 0.377 e. The molecule has 2 rings (SSSR count). The van der Waals surface area contributed by atoms with Crippen LogP contribution in [-0.2, 0) is 27.4 Å². The summed E-state index contributed by atoms with van der Waals surface area (Å²) in [4.78, 5) is 28.3. The maximum atomic E-state index is 12.6. The summed E-state index contributed by atoms with van der Waals surface area (Å²) in [6.07, 6.45) is 0.439. The van der Waals surface area contributed by atoms with Gasteiger partial charge in [0.25, 0.3) is 0 Å². The first-order valence-corrected chi connectivity index (χ1v) is 9.35. The fraction of sp³-hybridized carbons (Fsp3) is 0.364. The normalized spacial score (nSPS) is 10.4. The second-order valence-electron chi connectivity index (χ2n) is 6.81. The number of carbonyl (C=O) groups is 2. The van der Waals surface area contributed by atoms with Crippen molar-refractivity contribution >= 4 is 23.2 Å². The number of ether oxygens (including phenoxy) is 1. The van der Waals surface area contributed by atoms with Gasteiger partial charge in [-0.15, -0.1) is 0 Å². The molecule has 28 heavy (non-hydrogen) atoms. The average molecular weight is 383 g/mol. The number of anilines is 2. The minimum atomic E-state index is -0.211. The molecule has 6 nitrogen and oxygen atoms in total. The zero-order chi connectivity index (χ0) is 20.5. The number of nitrogens with one attached hydrogen (secondary N) is 1. The van der Waals surface area contributed by atoms with Crippen molar-refractivity contribution in [2.45, 2.75) is 26.4 Å². The molecule has 0 saturated carbocycles. The van der Waals surface area contributed by atoms with E-state index >= 15 is 0 Å². The van der Waals surface area contributed by atoms with Gasteiger partial charge in [-0.25, -0.2) is 0 Å². The van der Waals surface area contributed by atoms with Crippen molar-refractivity contribution in [2.24, 2.45) is 0 Å². The van der Waals surface area contributed by atoms with Crippen molar-refractivity contribution in [1.29, 1.82) is 0 Å². The maximum Gasteiger partial charge on any atom is 0.250 e. The molecular formula is C22H29N3O3. The molecule has 0 spiro atoms. The second-order valence-corrected chi connectivity index (χ2v) is 6.81. The Balaban J connectivity index is 2.29. The molecule has 2 aromatic rings. The van der Waals surface area contributed by atoms with Gasteiger partial charge >= 0.3 is 0 Å². The first kappa shape index (κ1) is 21.4. The van der Waals surface area contributed by atoms with E-state index in [2.05, 4.69) is 5.32 Å². The standard InChI is InChI=1S/C22H29N3O3/c1-5-22(27)25(14-17-9-7-6-8-10-17)15-18-13-19(23-21(26)16-28-4)11-12-20(18)24(2)3/h6-13H,5,14-16H2,1-4H3,(H,23,26). The topological polar surface area (TPSA) is 61.9 Å². The molecule has 150 valence electrons. The van der Waals surface area contributed by atoms with Gasteiger partial charge in [0, 0.05) is 52.1 Å². The molecule has 0 heterocycles. The quantitative estimate of drug-likeness (QED) is 0.722. The van der Waals surface area contributed by atoms with E-state index in [0.717, 1.165) is 16.8 Å². The maximum absolute atomic E-state index is 12.6. The highest BCUT2D eigenvalue weighted by Gasteiger charge is 2.16. The van der Waals surface area contributed by atoms with Gasteiger partial charge in [0.1, 0.15) is 6.61 Å². The summed E-state index contributed by atoms with van der Waals surface area (Å²) in [5, 5.41) is 2.83. The molecular weight excluding hydrogens is 354 g/mol. The first-order chi connectivity index (χ1) is 13.4. The van der Waals surface area contributed by atoms with Gasteiger partial charge in [0.15, 0.2) is 0 Å². The van der Waals surface area contributed by atoms with Crippen molar-refractivity contribution in [3.05, 3.63) is 59.7 Å². The highest BCUT2D eigenvalue weighted by atomic mass is 16.5. The molecule has 0 aliphatic carbocycles. The predicted molar refractivity (Wildman–Crippen MR) is 112 cm³/mol. The SMILES string of the molecule is CCC(=O)N(Cc1ccccc1)Cc1cc(NC(=O)COC)ccc1N(C)C. The number of hydrogen-bond donors (Lipinski definition) is 1. The smallest absolute Gasteiger partial charge is 0.250 e. The van der Waals surface area contributed by atoms with Crippen LogP contribution in [0.4, 0.5) is 11.4 Å². The summed E-state index contributed by atoms with van der Waals surface area (Å²) in [5.74, 6) is -0.126. The molecule has 2 amide bonds. The number of nitrogens with zero attached hydrogens (tertiary/aromatic N) is 2. The van der Waals surface area contributed by atoms with Crippen LogP contribution in [0.25, 0.3) is 0 Å². The zero-order valence-electron chi connectivity index (χ0n) is 17.1. The molecule has 0 fully saturated rings. The fourth-order valence-electron chi connectivity index (χ4n) is 3.02. The van der Waals surface area contributed by atoms with Gasteiger partial charge in [-0.05, 0) is 29.3 Å². The summed E-state index contributed by atoms with van der Waals surface area (Å²) in [6, 6.07) is 15.7. The lowest BCUT2D eigenvalue weighted by Crippen LogP contribution is -2.30. The lowest BCUT2D eigenvalue weighted by molar-refractivity contribution is -0.132. The summed E-state index contributed by atoms with van der Waals surface area (Å²) in [7, 11) is 5.41. The lowest BCUT2D eigenvalue weighted by Gasteiger charge is -2.26. The summed E-state index contributed by atoms with van der Waals surface area (Å²) >= 11 is 0. The van der Waals surface area contributed by atoms with Crippen LogP contribution in [0, 0.1) is 0 Å². The van der Waals surface area contributed by atoms with E-state index in [1.165, 1.54) is 7.11 Å². The van der Waals surface area contributed by atoms with Crippen LogP contribution >= 0.6 is 0 Å². The number of rotatable bonds is 9. The van der Waals surface area contributed by atoms with E-state index in [1.54, 1.807) is 0 Å². The fourth-order valence-corrected chi connectivity index (χ4v) is 3.02. The average Bonchev–Trinajstić information content (AvgIpc) is 2.67. The highest BCUT2D eigenvalue weighted by Crippen LogP contribution is 2.25. The minimum absolute atomic E-state index is 0.000776. The number of amides is 2. The summed E-state index contributed by atoms with van der Waals surface area (Å²) in [6.45, 7) is 2.87. The lowest BCUT2D eigenvalue weighted by atomic mass is 10.1. The highest BCUT2D eigenvalue weighted by molar-refractivity contribution is 5.92. The molecule has 0 aliphatic rings. The van der Waals surface area contributed by atoms with E-state index in [0.29, 0.717) is 25.2 Å². The number of methoxy groups -OCH3 is 1. The summed E-state index contributed by atoms with van der Waals surface area (Å²) in [5.41, 5.74) is 3.75. The van der Waals surface area contributed by atoms with Crippen LogP contribution in [0.3, 0.4) is 0 Å². The van der Waals surface area contributed by atoms with Crippen LogP contribution in [0.2, 0.25) is 0 Å². The van der Waals surface area contributed by atoms with Gasteiger partial charge in [-0.3, -0.25) is 9.59 Å². The van der Waals surface area contributed by atoms with E-state index in [9.17, 15) is 9.59 Å². The third-order valence-electron chi connectivity index (χ3n) is 4.35. The van der Waals surface area contributed by atoms with Gasteiger partial charge in [-0.1, -0.05) is 37.3 Å². The Morgan fingerprint density at radius 1 is 1.04 bits per heavy atom. The molecule has 0 radical (unpaired) electrons. The monoisotopic (exact) mass is 383 g/mol. The Labute approximate surface area is 167 Å². The molecule has 0 aromatic heterocycles. The number of hydrogen-bond acceptors (Lipinski definition) is 4. The Kier molecular flexibility index (Phi) is 8.02. The van der Waals surface area contributed by atoms with Crippen molar-refractivity contribution in [1.82, 2.24) is 4.90 Å². The molecule has 6 heteroatoms. The Hall–Kier alpha value is -2.86. The van der Waals surface area contributed by atoms with Crippen LogP contribution in [0.15, 0.2) is 48.5 Å². The van der Waals surface area contributed by atoms with Crippen LogP contribution < -0.4 is 10.2 Å². The Morgan fingerprint density at radius 3 is 2.36 bits per heavy atom. The van der Waals surface area contributed by atoms with E-state index in [-0.39, 0.29) is 18.4 Å². The zero-order valence-corrected chi connectivity index (χ0v) is 17.1. The molecule has 1 N–H and O–H groups in total. The van der Waals surface area contributed by atoms with Gasteiger partial charge in [0.2, 0.25) is 11.8 Å². The van der Waals surface area contributed by atoms with E-state index < -0.39 is 0 Å². The first-order valence-electron chi connectivity index (χ1n) is 9.35. The van der Waals surface area contributed by atoms with Crippen molar-refractivity contribution in [3.63, 3.8) is 0 Å². The second kappa shape index (κ2) is 10.5. The number of carbonyl (C=O) groups excluding carboxylic acids is 2. The minimum Gasteiger partial charge on any atom is -0.377 e. The van der Waals surface area contributed by atoms with E-state index in [4.69, 9.17) is 4.74 Å². The van der Waals surface area contributed by atoms with Gasteiger partial charge in [-0.2, -0.15) is 0 Å². The van der Waals surface area contributed by atoms with Gasteiger partial charge < -0.3 is 19.9 Å². The number of benzene rings is 2.